The summed E-state index contributed by atoms with van der Waals surface area (Å²) in [5.41, 5.74) is 0.403. The van der Waals surface area contributed by atoms with Crippen molar-refractivity contribution >= 4 is 15.8 Å². The number of Topliss-reactive ketones (excluding diaryl/α,β-unsaturated/α-hetero) is 1. The molecule has 1 atom stereocenters. The number of hydrogen-bond acceptors (Lipinski definition) is 3. The Morgan fingerprint density at radius 3 is 2.42 bits per heavy atom. The van der Waals surface area contributed by atoms with Gasteiger partial charge in [-0.2, -0.15) is 0 Å². The fourth-order valence-corrected chi connectivity index (χ4v) is 3.35. The van der Waals surface area contributed by atoms with E-state index in [4.69, 9.17) is 0 Å². The summed E-state index contributed by atoms with van der Waals surface area (Å²) in [4.78, 5) is 11.4. The Bertz CT molecular complexity index is 550. The van der Waals surface area contributed by atoms with E-state index in [1.54, 1.807) is 12.1 Å². The Morgan fingerprint density at radius 1 is 1.32 bits per heavy atom. The van der Waals surface area contributed by atoms with Gasteiger partial charge in [0.2, 0.25) is 10.0 Å². The minimum absolute atomic E-state index is 0.106. The fourth-order valence-electron chi connectivity index (χ4n) is 1.84. The van der Waals surface area contributed by atoms with Gasteiger partial charge in [0.05, 0.1) is 4.90 Å². The van der Waals surface area contributed by atoms with Gasteiger partial charge in [-0.1, -0.05) is 32.9 Å². The first-order valence-electron chi connectivity index (χ1n) is 6.41. The Hall–Kier alpha value is -1.20. The minimum Gasteiger partial charge on any atom is -0.295 e. The molecule has 0 bridgehead atoms. The Balaban J connectivity index is 3.06. The third-order valence-corrected chi connectivity index (χ3v) is 4.59. The van der Waals surface area contributed by atoms with Crippen molar-refractivity contribution < 1.29 is 13.2 Å². The van der Waals surface area contributed by atoms with E-state index in [1.807, 2.05) is 20.8 Å². The van der Waals surface area contributed by atoms with Gasteiger partial charge in [0.15, 0.2) is 5.78 Å². The maximum atomic E-state index is 12.3. The molecule has 1 rings (SSSR count). The monoisotopic (exact) mass is 283 g/mol. The molecule has 4 nitrogen and oxygen atoms in total. The van der Waals surface area contributed by atoms with Gasteiger partial charge in [0.25, 0.3) is 0 Å². The molecule has 1 unspecified atom stereocenters. The molecule has 0 heterocycles. The molecule has 0 saturated heterocycles. The third-order valence-electron chi connectivity index (χ3n) is 3.10. The van der Waals surface area contributed by atoms with Crippen LogP contribution in [0.3, 0.4) is 0 Å². The fraction of sp³-hybridized carbons (Fsp3) is 0.500. The van der Waals surface area contributed by atoms with E-state index in [9.17, 15) is 13.2 Å². The second-order valence-corrected chi connectivity index (χ2v) is 6.68. The van der Waals surface area contributed by atoms with E-state index in [0.29, 0.717) is 5.56 Å². The van der Waals surface area contributed by atoms with Crippen LogP contribution in [0, 0.1) is 5.92 Å². The zero-order valence-electron chi connectivity index (χ0n) is 11.8. The van der Waals surface area contributed by atoms with Gasteiger partial charge in [-0.05, 0) is 31.4 Å². The van der Waals surface area contributed by atoms with Crippen LogP contribution in [0.1, 0.15) is 44.5 Å². The van der Waals surface area contributed by atoms with Crippen LogP contribution < -0.4 is 4.72 Å². The summed E-state index contributed by atoms with van der Waals surface area (Å²) in [6, 6.07) is 6.01. The van der Waals surface area contributed by atoms with Crippen LogP contribution >= 0.6 is 0 Å². The Labute approximate surface area is 115 Å². The smallest absolute Gasteiger partial charge is 0.240 e. The second kappa shape index (κ2) is 6.30. The highest BCUT2D eigenvalue weighted by Crippen LogP contribution is 2.15. The van der Waals surface area contributed by atoms with Gasteiger partial charge >= 0.3 is 0 Å². The van der Waals surface area contributed by atoms with Crippen molar-refractivity contribution in [1.82, 2.24) is 4.72 Å². The largest absolute Gasteiger partial charge is 0.295 e. The highest BCUT2D eigenvalue weighted by molar-refractivity contribution is 7.89. The van der Waals surface area contributed by atoms with Gasteiger partial charge in [-0.15, -0.1) is 0 Å². The molecule has 0 spiro atoms. The molecule has 0 radical (unpaired) electrons. The predicted octanol–water partition coefficient (Wildman–Crippen LogP) is 2.60. The average molecular weight is 283 g/mol. The lowest BCUT2D eigenvalue weighted by atomic mass is 10.0. The van der Waals surface area contributed by atoms with Crippen LogP contribution in [-0.4, -0.2) is 20.2 Å². The molecule has 0 fully saturated rings. The summed E-state index contributed by atoms with van der Waals surface area (Å²) >= 11 is 0. The number of carbonyl (C=O) groups is 1. The van der Waals surface area contributed by atoms with Crippen LogP contribution in [-0.2, 0) is 10.0 Å². The predicted molar refractivity (Wildman–Crippen MR) is 75.7 cm³/mol. The summed E-state index contributed by atoms with van der Waals surface area (Å²) < 4.78 is 27.2. The highest BCUT2D eigenvalue weighted by atomic mass is 32.2. The van der Waals surface area contributed by atoms with Crippen molar-refractivity contribution in [3.05, 3.63) is 29.8 Å². The molecule has 0 aromatic heterocycles. The molecule has 5 heteroatoms. The molecule has 0 aliphatic rings. The second-order valence-electron chi connectivity index (χ2n) is 4.96. The number of sulfonamides is 1. The Kier molecular flexibility index (Phi) is 5.26. The number of nitrogens with one attached hydrogen (secondary N) is 1. The third kappa shape index (κ3) is 4.14. The Morgan fingerprint density at radius 2 is 1.95 bits per heavy atom. The average Bonchev–Trinajstić information content (AvgIpc) is 2.35. The quantitative estimate of drug-likeness (QED) is 0.816. The summed E-state index contributed by atoms with van der Waals surface area (Å²) in [5.74, 6) is 0.0729. The zero-order chi connectivity index (χ0) is 14.6. The maximum absolute atomic E-state index is 12.3. The molecule has 1 aromatic rings. The van der Waals surface area contributed by atoms with Crippen molar-refractivity contribution in [3.8, 4) is 0 Å². The van der Waals surface area contributed by atoms with Crippen LogP contribution in [0.2, 0.25) is 0 Å². The van der Waals surface area contributed by atoms with Crippen LogP contribution in [0.4, 0.5) is 0 Å². The summed E-state index contributed by atoms with van der Waals surface area (Å²) in [7, 11) is -3.57. The van der Waals surface area contributed by atoms with Crippen molar-refractivity contribution in [2.24, 2.45) is 5.92 Å². The van der Waals surface area contributed by atoms with Crippen molar-refractivity contribution in [2.75, 3.05) is 0 Å². The first kappa shape index (κ1) is 15.9. The molecule has 0 aliphatic heterocycles. The van der Waals surface area contributed by atoms with E-state index < -0.39 is 10.0 Å². The lowest BCUT2D eigenvalue weighted by molar-refractivity contribution is 0.101. The maximum Gasteiger partial charge on any atom is 0.240 e. The van der Waals surface area contributed by atoms with E-state index in [2.05, 4.69) is 4.72 Å². The first-order valence-corrected chi connectivity index (χ1v) is 7.89. The highest BCUT2D eigenvalue weighted by Gasteiger charge is 2.21. The number of rotatable bonds is 6. The summed E-state index contributed by atoms with van der Waals surface area (Å²) in [6.07, 6.45) is 0.725. The number of ketones is 1. The normalized spacial score (nSPS) is 13.5. The molecule has 106 valence electrons. The van der Waals surface area contributed by atoms with E-state index in [1.165, 1.54) is 19.1 Å². The molecule has 19 heavy (non-hydrogen) atoms. The van der Waals surface area contributed by atoms with Crippen LogP contribution in [0.25, 0.3) is 0 Å². The molecule has 0 saturated carbocycles. The van der Waals surface area contributed by atoms with Crippen molar-refractivity contribution in [1.29, 1.82) is 0 Å². The molecular weight excluding hydrogens is 262 g/mol. The molecule has 1 N–H and O–H groups in total. The molecule has 1 aromatic carbocycles. The van der Waals surface area contributed by atoms with Gasteiger partial charge in [0.1, 0.15) is 0 Å². The van der Waals surface area contributed by atoms with E-state index in [0.717, 1.165) is 6.42 Å². The van der Waals surface area contributed by atoms with Crippen molar-refractivity contribution in [2.45, 2.75) is 45.1 Å². The summed E-state index contributed by atoms with van der Waals surface area (Å²) in [5, 5.41) is 0. The van der Waals surface area contributed by atoms with E-state index in [-0.39, 0.29) is 22.6 Å². The summed E-state index contributed by atoms with van der Waals surface area (Å²) in [6.45, 7) is 7.31. The van der Waals surface area contributed by atoms with Crippen LogP contribution in [0.5, 0.6) is 0 Å². The molecular formula is C14H21NO3S. The molecule has 0 amide bonds. The number of benzene rings is 1. The van der Waals surface area contributed by atoms with Gasteiger partial charge < -0.3 is 0 Å². The zero-order valence-corrected chi connectivity index (χ0v) is 12.6. The number of carbonyl (C=O) groups excluding carboxylic acids is 1. The van der Waals surface area contributed by atoms with Gasteiger partial charge in [0, 0.05) is 11.6 Å². The van der Waals surface area contributed by atoms with Crippen LogP contribution in [0.15, 0.2) is 29.2 Å². The lowest BCUT2D eigenvalue weighted by Gasteiger charge is -2.20. The topological polar surface area (TPSA) is 63.2 Å². The number of hydrogen-bond donors (Lipinski definition) is 1. The molecule has 0 aliphatic carbocycles. The standard InChI is InChI=1S/C14H21NO3S/c1-5-14(10(2)3)15-19(17,18)13-8-6-7-12(9-13)11(4)16/h6-10,14-15H,5H2,1-4H3. The lowest BCUT2D eigenvalue weighted by Crippen LogP contribution is -2.38. The SMILES string of the molecule is CCC(NS(=O)(=O)c1cccc(C(C)=O)c1)C(C)C. The minimum atomic E-state index is -3.57. The van der Waals surface area contributed by atoms with Crippen molar-refractivity contribution in [3.63, 3.8) is 0 Å². The van der Waals surface area contributed by atoms with Gasteiger partial charge in [-0.3, -0.25) is 4.79 Å². The van der Waals surface area contributed by atoms with E-state index >= 15 is 0 Å². The first-order chi connectivity index (χ1) is 8.77. The van der Waals surface area contributed by atoms with Gasteiger partial charge in [-0.25, -0.2) is 13.1 Å².